The largest absolute Gasteiger partial charge is 0.454 e. The number of nitrogens with one attached hydrogen (secondary N) is 2. The van der Waals surface area contributed by atoms with Crippen LogP contribution in [0.1, 0.15) is 13.8 Å². The van der Waals surface area contributed by atoms with Crippen molar-refractivity contribution >= 4 is 23.2 Å². The molecule has 1 aliphatic rings. The molecule has 1 aromatic carbocycles. The van der Waals surface area contributed by atoms with Crippen molar-refractivity contribution in [3.8, 4) is 11.5 Å². The minimum Gasteiger partial charge on any atom is -0.454 e. The van der Waals surface area contributed by atoms with Crippen LogP contribution in [0.25, 0.3) is 0 Å². The van der Waals surface area contributed by atoms with Crippen LogP contribution in [0.3, 0.4) is 0 Å². The van der Waals surface area contributed by atoms with E-state index in [2.05, 4.69) is 10.6 Å². The molecule has 2 N–H and O–H groups in total. The summed E-state index contributed by atoms with van der Waals surface area (Å²) in [6.07, 6.45) is 0. The van der Waals surface area contributed by atoms with Gasteiger partial charge in [-0.2, -0.15) is 0 Å². The molecule has 0 bridgehead atoms. The Hall–Kier alpha value is -1.46. The molecular formula is C12H15ClN2O3. The maximum atomic E-state index is 12.0. The molecule has 0 aliphatic carbocycles. The van der Waals surface area contributed by atoms with Gasteiger partial charge in [0, 0.05) is 12.1 Å². The molecule has 0 aromatic heterocycles. The molecule has 0 spiro atoms. The Morgan fingerprint density at radius 1 is 1.33 bits per heavy atom. The zero-order valence-electron chi connectivity index (χ0n) is 10.5. The van der Waals surface area contributed by atoms with Gasteiger partial charge in [0.25, 0.3) is 0 Å². The highest BCUT2D eigenvalue weighted by atomic mass is 35.5. The van der Waals surface area contributed by atoms with E-state index in [4.69, 9.17) is 21.1 Å². The number of ether oxygens (including phenoxy) is 2. The van der Waals surface area contributed by atoms with E-state index >= 15 is 0 Å². The van der Waals surface area contributed by atoms with Crippen molar-refractivity contribution < 1.29 is 14.3 Å². The molecular weight excluding hydrogens is 256 g/mol. The van der Waals surface area contributed by atoms with Gasteiger partial charge in [-0.25, -0.2) is 0 Å². The molecule has 1 heterocycles. The van der Waals surface area contributed by atoms with Crippen LogP contribution in [0.15, 0.2) is 12.1 Å². The van der Waals surface area contributed by atoms with Crippen molar-refractivity contribution in [2.45, 2.75) is 19.4 Å². The summed E-state index contributed by atoms with van der Waals surface area (Å²) < 4.78 is 10.4. The van der Waals surface area contributed by atoms with Gasteiger partial charge in [0.2, 0.25) is 12.7 Å². The SMILES string of the molecule is CNC(C)(C)C(=O)Nc1cc2c(cc1Cl)OCO2. The smallest absolute Gasteiger partial charge is 0.244 e. The third-order valence-corrected chi connectivity index (χ3v) is 3.22. The number of rotatable bonds is 3. The number of fused-ring (bicyclic) bond motifs is 1. The standard InChI is InChI=1S/C12H15ClN2O3/c1-12(2,14-3)11(16)15-8-5-10-9(4-7(8)13)17-6-18-10/h4-5,14H,6H2,1-3H3,(H,15,16). The van der Waals surface area contributed by atoms with Crippen molar-refractivity contribution in [2.24, 2.45) is 0 Å². The zero-order valence-corrected chi connectivity index (χ0v) is 11.2. The molecule has 1 amide bonds. The first-order valence-corrected chi connectivity index (χ1v) is 5.91. The second kappa shape index (κ2) is 4.66. The van der Waals surface area contributed by atoms with Crippen molar-refractivity contribution in [3.05, 3.63) is 17.2 Å². The van der Waals surface area contributed by atoms with E-state index < -0.39 is 5.54 Å². The average Bonchev–Trinajstić information content (AvgIpc) is 2.76. The Morgan fingerprint density at radius 3 is 2.56 bits per heavy atom. The maximum Gasteiger partial charge on any atom is 0.244 e. The van der Waals surface area contributed by atoms with E-state index in [9.17, 15) is 4.79 Å². The molecule has 98 valence electrons. The first kappa shape index (κ1) is 13.0. The van der Waals surface area contributed by atoms with E-state index in [-0.39, 0.29) is 12.7 Å². The number of hydrogen-bond donors (Lipinski definition) is 2. The van der Waals surface area contributed by atoms with Crippen molar-refractivity contribution in [1.29, 1.82) is 0 Å². The van der Waals surface area contributed by atoms with Gasteiger partial charge in [-0.15, -0.1) is 0 Å². The lowest BCUT2D eigenvalue weighted by atomic mass is 10.1. The second-order valence-corrected chi connectivity index (χ2v) is 4.92. The number of carbonyl (C=O) groups is 1. The lowest BCUT2D eigenvalue weighted by Crippen LogP contribution is -2.47. The summed E-state index contributed by atoms with van der Waals surface area (Å²) in [5, 5.41) is 6.10. The fourth-order valence-electron chi connectivity index (χ4n) is 1.41. The number of carbonyl (C=O) groups excluding carboxylic acids is 1. The highest BCUT2D eigenvalue weighted by Crippen LogP contribution is 2.39. The van der Waals surface area contributed by atoms with Crippen LogP contribution in [0, 0.1) is 0 Å². The van der Waals surface area contributed by atoms with E-state index in [0.717, 1.165) is 0 Å². The van der Waals surface area contributed by atoms with E-state index in [1.54, 1.807) is 33.0 Å². The molecule has 18 heavy (non-hydrogen) atoms. The summed E-state index contributed by atoms with van der Waals surface area (Å²) >= 11 is 6.07. The van der Waals surface area contributed by atoms with E-state index in [0.29, 0.717) is 22.2 Å². The fourth-order valence-corrected chi connectivity index (χ4v) is 1.61. The summed E-state index contributed by atoms with van der Waals surface area (Å²) in [7, 11) is 1.72. The summed E-state index contributed by atoms with van der Waals surface area (Å²) in [5.74, 6) is 0.994. The van der Waals surface area contributed by atoms with E-state index in [1.807, 2.05) is 0 Å². The molecule has 5 nitrogen and oxygen atoms in total. The van der Waals surface area contributed by atoms with Crippen LogP contribution in [0.4, 0.5) is 5.69 Å². The molecule has 0 saturated carbocycles. The Bertz CT molecular complexity index is 488. The highest BCUT2D eigenvalue weighted by Gasteiger charge is 2.26. The van der Waals surface area contributed by atoms with Gasteiger partial charge in [-0.3, -0.25) is 4.79 Å². The highest BCUT2D eigenvalue weighted by molar-refractivity contribution is 6.34. The van der Waals surface area contributed by atoms with Crippen molar-refractivity contribution in [2.75, 3.05) is 19.2 Å². The molecule has 1 aromatic rings. The Balaban J connectivity index is 2.22. The number of anilines is 1. The van der Waals surface area contributed by atoms with Gasteiger partial charge in [-0.05, 0) is 20.9 Å². The van der Waals surface area contributed by atoms with E-state index in [1.165, 1.54) is 0 Å². The molecule has 0 fully saturated rings. The summed E-state index contributed by atoms with van der Waals surface area (Å²) in [6.45, 7) is 3.73. The molecule has 2 rings (SSSR count). The van der Waals surface area contributed by atoms with Crippen LogP contribution in [-0.4, -0.2) is 25.3 Å². The minimum atomic E-state index is -0.681. The molecule has 0 atom stereocenters. The summed E-state index contributed by atoms with van der Waals surface area (Å²) in [4.78, 5) is 12.0. The number of likely N-dealkylation sites (N-methyl/N-ethyl adjacent to an activating group) is 1. The monoisotopic (exact) mass is 270 g/mol. The molecule has 1 aliphatic heterocycles. The van der Waals surface area contributed by atoms with Gasteiger partial charge in [0.05, 0.1) is 16.2 Å². The van der Waals surface area contributed by atoms with Crippen LogP contribution in [-0.2, 0) is 4.79 Å². The summed E-state index contributed by atoms with van der Waals surface area (Å²) in [5.41, 5.74) is -0.172. The predicted molar refractivity (Wildman–Crippen MR) is 69.3 cm³/mol. The summed E-state index contributed by atoms with van der Waals surface area (Å²) in [6, 6.07) is 3.29. The number of hydrogen-bond acceptors (Lipinski definition) is 4. The minimum absolute atomic E-state index is 0.172. The van der Waals surface area contributed by atoms with Crippen molar-refractivity contribution in [1.82, 2.24) is 5.32 Å². The Kier molecular flexibility index (Phi) is 3.36. The maximum absolute atomic E-state index is 12.0. The quantitative estimate of drug-likeness (QED) is 0.882. The molecule has 0 radical (unpaired) electrons. The van der Waals surface area contributed by atoms with Gasteiger partial charge < -0.3 is 20.1 Å². The van der Waals surface area contributed by atoms with Gasteiger partial charge >= 0.3 is 0 Å². The zero-order chi connectivity index (χ0) is 13.3. The first-order chi connectivity index (χ1) is 8.44. The number of amides is 1. The van der Waals surface area contributed by atoms with Crippen LogP contribution in [0.5, 0.6) is 11.5 Å². The fraction of sp³-hybridized carbons (Fsp3) is 0.417. The third kappa shape index (κ3) is 2.37. The predicted octanol–water partition coefficient (Wildman–Crippen LogP) is 2.01. The topological polar surface area (TPSA) is 59.6 Å². The van der Waals surface area contributed by atoms with Crippen molar-refractivity contribution in [3.63, 3.8) is 0 Å². The number of benzene rings is 1. The third-order valence-electron chi connectivity index (χ3n) is 2.90. The molecule has 6 heteroatoms. The van der Waals surface area contributed by atoms with Gasteiger partial charge in [0.1, 0.15) is 0 Å². The Morgan fingerprint density at radius 2 is 1.94 bits per heavy atom. The second-order valence-electron chi connectivity index (χ2n) is 4.51. The number of halogens is 1. The molecule has 0 unspecified atom stereocenters. The molecule has 0 saturated heterocycles. The normalized spacial score (nSPS) is 13.6. The lowest BCUT2D eigenvalue weighted by molar-refractivity contribution is -0.121. The average molecular weight is 271 g/mol. The lowest BCUT2D eigenvalue weighted by Gasteiger charge is -2.23. The van der Waals surface area contributed by atoms with Gasteiger partial charge in [-0.1, -0.05) is 11.6 Å². The van der Waals surface area contributed by atoms with Crippen LogP contribution in [0.2, 0.25) is 5.02 Å². The van der Waals surface area contributed by atoms with Crippen LogP contribution >= 0.6 is 11.6 Å². The first-order valence-electron chi connectivity index (χ1n) is 5.53. The van der Waals surface area contributed by atoms with Crippen LogP contribution < -0.4 is 20.1 Å². The van der Waals surface area contributed by atoms with Gasteiger partial charge in [0.15, 0.2) is 11.5 Å². The Labute approximate surface area is 110 Å².